The van der Waals surface area contributed by atoms with Crippen molar-refractivity contribution < 1.29 is 4.74 Å². The van der Waals surface area contributed by atoms with Crippen molar-refractivity contribution in [1.29, 1.82) is 0 Å². The number of halogens is 1. The number of methoxy groups -OCH3 is 1. The molecule has 0 aliphatic rings. The number of benzene rings is 1. The molecule has 1 unspecified atom stereocenters. The fourth-order valence-electron chi connectivity index (χ4n) is 2.20. The average Bonchev–Trinajstić information content (AvgIpc) is 2.86. The summed E-state index contributed by atoms with van der Waals surface area (Å²) in [4.78, 5) is 1.29. The third-order valence-electron chi connectivity index (χ3n) is 3.21. The second-order valence-corrected chi connectivity index (χ2v) is 6.57. The maximum Gasteiger partial charge on any atom is 0.124 e. The highest BCUT2D eigenvalue weighted by Gasteiger charge is 2.21. The molecule has 108 valence electrons. The number of rotatable bonds is 6. The van der Waals surface area contributed by atoms with Gasteiger partial charge in [-0.2, -0.15) is 0 Å². The van der Waals surface area contributed by atoms with Gasteiger partial charge in [-0.1, -0.05) is 19.1 Å². The Bertz CT molecular complexity index is 567. The number of aryl methyl sites for hydroxylation is 1. The lowest BCUT2D eigenvalue weighted by molar-refractivity contribution is 0.404. The zero-order valence-corrected chi connectivity index (χ0v) is 14.5. The highest BCUT2D eigenvalue weighted by atomic mass is 79.9. The molecule has 0 spiro atoms. The van der Waals surface area contributed by atoms with Gasteiger partial charge in [-0.15, -0.1) is 11.3 Å². The number of ether oxygens (including phenoxy) is 1. The van der Waals surface area contributed by atoms with Gasteiger partial charge < -0.3 is 10.1 Å². The maximum atomic E-state index is 5.57. The van der Waals surface area contributed by atoms with Gasteiger partial charge >= 0.3 is 0 Å². The molecule has 1 N–H and O–H groups in total. The largest absolute Gasteiger partial charge is 0.496 e. The Morgan fingerprint density at radius 2 is 2.15 bits per heavy atom. The average molecular weight is 354 g/mol. The Hall–Kier alpha value is -0.840. The predicted octanol–water partition coefficient (Wildman–Crippen LogP) is 4.92. The molecule has 1 aromatic heterocycles. The van der Waals surface area contributed by atoms with Crippen LogP contribution in [0.25, 0.3) is 0 Å². The van der Waals surface area contributed by atoms with Gasteiger partial charge in [0.05, 0.1) is 13.2 Å². The van der Waals surface area contributed by atoms with E-state index in [1.165, 1.54) is 16.0 Å². The quantitative estimate of drug-likeness (QED) is 0.795. The van der Waals surface area contributed by atoms with Crippen molar-refractivity contribution in [3.8, 4) is 5.75 Å². The fraction of sp³-hybridized carbons (Fsp3) is 0.375. The summed E-state index contributed by atoms with van der Waals surface area (Å²) < 4.78 is 6.73. The van der Waals surface area contributed by atoms with E-state index in [2.05, 4.69) is 64.7 Å². The highest BCUT2D eigenvalue weighted by Crippen LogP contribution is 2.37. The molecule has 0 saturated carbocycles. The van der Waals surface area contributed by atoms with Crippen molar-refractivity contribution in [3.63, 3.8) is 0 Å². The van der Waals surface area contributed by atoms with Crippen LogP contribution in [0.1, 0.15) is 35.4 Å². The Kier molecular flexibility index (Phi) is 5.64. The summed E-state index contributed by atoms with van der Waals surface area (Å²) in [6, 6.07) is 8.66. The van der Waals surface area contributed by atoms with Crippen molar-refractivity contribution in [3.05, 3.63) is 50.1 Å². The molecule has 0 radical (unpaired) electrons. The number of thiophene rings is 1. The van der Waals surface area contributed by atoms with E-state index in [-0.39, 0.29) is 6.04 Å². The number of hydrogen-bond donors (Lipinski definition) is 1. The lowest BCUT2D eigenvalue weighted by Gasteiger charge is -2.21. The molecule has 0 bridgehead atoms. The Morgan fingerprint density at radius 3 is 2.75 bits per heavy atom. The van der Waals surface area contributed by atoms with Gasteiger partial charge in [-0.3, -0.25) is 0 Å². The highest BCUT2D eigenvalue weighted by molar-refractivity contribution is 9.10. The van der Waals surface area contributed by atoms with Crippen LogP contribution in [0.15, 0.2) is 34.1 Å². The summed E-state index contributed by atoms with van der Waals surface area (Å²) in [6.07, 6.45) is 1.10. The second kappa shape index (κ2) is 7.25. The van der Waals surface area contributed by atoms with E-state index in [1.807, 2.05) is 0 Å². The van der Waals surface area contributed by atoms with Crippen LogP contribution in [-0.4, -0.2) is 13.7 Å². The van der Waals surface area contributed by atoms with Gasteiger partial charge in [0.15, 0.2) is 0 Å². The van der Waals surface area contributed by atoms with Gasteiger partial charge in [0.2, 0.25) is 0 Å². The first-order chi connectivity index (χ1) is 9.67. The van der Waals surface area contributed by atoms with Crippen molar-refractivity contribution in [2.45, 2.75) is 26.3 Å². The smallest absolute Gasteiger partial charge is 0.124 e. The summed E-state index contributed by atoms with van der Waals surface area (Å²) >= 11 is 5.41. The number of nitrogens with one attached hydrogen (secondary N) is 1. The molecule has 0 fully saturated rings. The van der Waals surface area contributed by atoms with Crippen molar-refractivity contribution in [2.24, 2.45) is 0 Å². The molecule has 1 heterocycles. The molecule has 2 nitrogen and oxygen atoms in total. The molecule has 0 aliphatic carbocycles. The monoisotopic (exact) mass is 353 g/mol. The van der Waals surface area contributed by atoms with E-state index in [0.717, 1.165) is 23.2 Å². The normalized spacial score (nSPS) is 12.4. The minimum Gasteiger partial charge on any atom is -0.496 e. The van der Waals surface area contributed by atoms with Crippen LogP contribution in [0.4, 0.5) is 0 Å². The first-order valence-electron chi connectivity index (χ1n) is 6.78. The van der Waals surface area contributed by atoms with Gasteiger partial charge in [0.1, 0.15) is 5.75 Å². The topological polar surface area (TPSA) is 21.3 Å². The van der Waals surface area contributed by atoms with E-state index in [9.17, 15) is 0 Å². The van der Waals surface area contributed by atoms with Crippen LogP contribution >= 0.6 is 27.3 Å². The summed E-state index contributed by atoms with van der Waals surface area (Å²) in [5, 5.41) is 5.74. The van der Waals surface area contributed by atoms with E-state index in [1.54, 1.807) is 18.4 Å². The summed E-state index contributed by atoms with van der Waals surface area (Å²) in [7, 11) is 1.73. The van der Waals surface area contributed by atoms with E-state index >= 15 is 0 Å². The summed E-state index contributed by atoms with van der Waals surface area (Å²) in [5.74, 6) is 0.943. The third kappa shape index (κ3) is 3.43. The van der Waals surface area contributed by atoms with Crippen LogP contribution in [0.5, 0.6) is 5.75 Å². The Balaban J connectivity index is 2.43. The van der Waals surface area contributed by atoms with Crippen LogP contribution in [0, 0.1) is 6.92 Å². The van der Waals surface area contributed by atoms with Crippen molar-refractivity contribution >= 4 is 27.3 Å². The molecule has 0 amide bonds. The van der Waals surface area contributed by atoms with Gasteiger partial charge in [0, 0.05) is 14.9 Å². The SMILES string of the molecule is CCCNC(c1ccc(C)cc1OC)c1sccc1Br. The molecule has 4 heteroatoms. The minimum absolute atomic E-state index is 0.167. The standard InChI is InChI=1S/C16H20BrNOS/c1-4-8-18-15(16-13(17)7-9-20-16)12-6-5-11(2)10-14(12)19-3/h5-7,9-10,15,18H,4,8H2,1-3H3. The predicted molar refractivity (Wildman–Crippen MR) is 89.9 cm³/mol. The van der Waals surface area contributed by atoms with Crippen molar-refractivity contribution in [1.82, 2.24) is 5.32 Å². The number of hydrogen-bond acceptors (Lipinski definition) is 3. The molecular weight excluding hydrogens is 334 g/mol. The van der Waals surface area contributed by atoms with E-state index in [4.69, 9.17) is 4.74 Å². The Labute approximate surface area is 133 Å². The van der Waals surface area contributed by atoms with E-state index in [0.29, 0.717) is 0 Å². The zero-order chi connectivity index (χ0) is 14.5. The minimum atomic E-state index is 0.167. The molecule has 2 aromatic rings. The first kappa shape index (κ1) is 15.5. The summed E-state index contributed by atoms with van der Waals surface area (Å²) in [6.45, 7) is 5.24. The molecular formula is C16H20BrNOS. The maximum absolute atomic E-state index is 5.57. The van der Waals surface area contributed by atoms with Crippen LogP contribution in [0.2, 0.25) is 0 Å². The Morgan fingerprint density at radius 1 is 1.35 bits per heavy atom. The van der Waals surface area contributed by atoms with Crippen LogP contribution in [0.3, 0.4) is 0 Å². The summed E-state index contributed by atoms with van der Waals surface area (Å²) in [5.41, 5.74) is 2.40. The molecule has 0 saturated heterocycles. The van der Waals surface area contributed by atoms with Gasteiger partial charge in [-0.25, -0.2) is 0 Å². The van der Waals surface area contributed by atoms with Gasteiger partial charge in [-0.05, 0) is 58.9 Å². The zero-order valence-electron chi connectivity index (χ0n) is 12.1. The van der Waals surface area contributed by atoms with E-state index < -0.39 is 0 Å². The molecule has 0 aliphatic heterocycles. The second-order valence-electron chi connectivity index (χ2n) is 4.77. The molecule has 20 heavy (non-hydrogen) atoms. The molecule has 2 rings (SSSR count). The van der Waals surface area contributed by atoms with Crippen molar-refractivity contribution in [2.75, 3.05) is 13.7 Å². The lowest BCUT2D eigenvalue weighted by atomic mass is 10.0. The fourth-order valence-corrected chi connectivity index (χ4v) is 3.89. The molecule has 1 aromatic carbocycles. The van der Waals surface area contributed by atoms with Crippen LogP contribution < -0.4 is 10.1 Å². The first-order valence-corrected chi connectivity index (χ1v) is 8.45. The van der Waals surface area contributed by atoms with Gasteiger partial charge in [0.25, 0.3) is 0 Å². The third-order valence-corrected chi connectivity index (χ3v) is 5.14. The molecule has 1 atom stereocenters. The lowest BCUT2D eigenvalue weighted by Crippen LogP contribution is -2.23. The van der Waals surface area contributed by atoms with Crippen LogP contribution in [-0.2, 0) is 0 Å².